The van der Waals surface area contributed by atoms with Gasteiger partial charge in [-0.1, -0.05) is 0 Å². The van der Waals surface area contributed by atoms with E-state index in [1.807, 2.05) is 12.1 Å². The molecular weight excluding hydrogens is 363 g/mol. The minimum Gasteiger partial charge on any atom is -0.496 e. The van der Waals surface area contributed by atoms with Crippen LogP contribution < -0.4 is 9.47 Å². The summed E-state index contributed by atoms with van der Waals surface area (Å²) < 4.78 is 49.4. The van der Waals surface area contributed by atoms with Crippen LogP contribution in [0.4, 0.5) is 13.2 Å². The fourth-order valence-corrected chi connectivity index (χ4v) is 5.36. The Labute approximate surface area is 154 Å². The maximum Gasteiger partial charge on any atom is 0.393 e. The molecule has 1 atom stereocenters. The lowest BCUT2D eigenvalue weighted by Gasteiger charge is -2.41. The lowest BCUT2D eigenvalue weighted by Crippen LogP contribution is -2.39. The Morgan fingerprint density at radius 2 is 1.85 bits per heavy atom. The fourth-order valence-electron chi connectivity index (χ4n) is 4.11. The van der Waals surface area contributed by atoms with Crippen LogP contribution in [0.5, 0.6) is 11.5 Å². The molecule has 140 valence electrons. The van der Waals surface area contributed by atoms with Crippen molar-refractivity contribution in [1.29, 1.82) is 0 Å². The van der Waals surface area contributed by atoms with Gasteiger partial charge >= 0.3 is 6.18 Å². The summed E-state index contributed by atoms with van der Waals surface area (Å²) in [5.74, 6) is 1.66. The number of halogens is 3. The van der Waals surface area contributed by atoms with Crippen LogP contribution in [0.2, 0.25) is 0 Å². The Hall–Kier alpha value is -1.73. The van der Waals surface area contributed by atoms with Crippen LogP contribution in [0.25, 0.3) is 0 Å². The first-order chi connectivity index (χ1) is 12.4. The van der Waals surface area contributed by atoms with Gasteiger partial charge in [-0.25, -0.2) is 0 Å². The van der Waals surface area contributed by atoms with Crippen LogP contribution in [-0.2, 0) is 25.8 Å². The highest BCUT2D eigenvalue weighted by atomic mass is 32.1. The fraction of sp³-hybridized carbons (Fsp3) is 0.474. The second-order valence-electron chi connectivity index (χ2n) is 6.75. The van der Waals surface area contributed by atoms with Crippen molar-refractivity contribution in [3.8, 4) is 11.5 Å². The second-order valence-corrected chi connectivity index (χ2v) is 7.97. The smallest absolute Gasteiger partial charge is 0.393 e. The van der Waals surface area contributed by atoms with Gasteiger partial charge in [0.15, 0.2) is 0 Å². The van der Waals surface area contributed by atoms with Gasteiger partial charge in [-0.05, 0) is 36.6 Å². The Bertz CT molecular complexity index is 831. The van der Waals surface area contributed by atoms with Gasteiger partial charge in [0.2, 0.25) is 0 Å². The normalized spacial score (nSPS) is 19.5. The summed E-state index contributed by atoms with van der Waals surface area (Å²) in [4.78, 5) is 3.85. The average Bonchev–Trinajstić information content (AvgIpc) is 3.00. The molecule has 0 bridgehead atoms. The average molecular weight is 383 g/mol. The monoisotopic (exact) mass is 383 g/mol. The van der Waals surface area contributed by atoms with Gasteiger partial charge in [0.05, 0.1) is 20.6 Å². The van der Waals surface area contributed by atoms with Gasteiger partial charge in [0, 0.05) is 40.0 Å². The van der Waals surface area contributed by atoms with Gasteiger partial charge in [-0.15, -0.1) is 11.3 Å². The summed E-state index contributed by atoms with van der Waals surface area (Å²) >= 11 is 1.31. The Morgan fingerprint density at radius 3 is 2.50 bits per heavy atom. The molecule has 0 saturated heterocycles. The van der Waals surface area contributed by atoms with Crippen molar-refractivity contribution in [2.45, 2.75) is 38.0 Å². The lowest BCUT2D eigenvalue weighted by atomic mass is 9.86. The molecule has 0 amide bonds. The van der Waals surface area contributed by atoms with Crippen LogP contribution in [0.3, 0.4) is 0 Å². The number of hydrogen-bond acceptors (Lipinski definition) is 4. The number of benzene rings is 1. The van der Waals surface area contributed by atoms with E-state index in [1.54, 1.807) is 20.3 Å². The molecule has 26 heavy (non-hydrogen) atoms. The first-order valence-electron chi connectivity index (χ1n) is 8.54. The molecule has 0 N–H and O–H groups in total. The molecule has 0 spiro atoms. The molecule has 0 fully saturated rings. The van der Waals surface area contributed by atoms with Crippen molar-refractivity contribution in [2.24, 2.45) is 0 Å². The molecule has 1 aromatic heterocycles. The number of thiophene rings is 1. The summed E-state index contributed by atoms with van der Waals surface area (Å²) in [7, 11) is 3.30. The molecule has 2 aliphatic rings. The van der Waals surface area contributed by atoms with Crippen LogP contribution in [-0.4, -0.2) is 31.8 Å². The zero-order valence-corrected chi connectivity index (χ0v) is 15.5. The number of alkyl halides is 3. The van der Waals surface area contributed by atoms with Crippen molar-refractivity contribution in [2.75, 3.05) is 20.8 Å². The molecule has 4 rings (SSSR count). The van der Waals surface area contributed by atoms with Gasteiger partial charge in [-0.3, -0.25) is 4.90 Å². The molecule has 3 nitrogen and oxygen atoms in total. The van der Waals surface area contributed by atoms with Crippen molar-refractivity contribution in [3.63, 3.8) is 0 Å². The van der Waals surface area contributed by atoms with Crippen molar-refractivity contribution in [3.05, 3.63) is 44.6 Å². The third-order valence-corrected chi connectivity index (χ3v) is 6.45. The Kier molecular flexibility index (Phi) is 4.39. The maximum absolute atomic E-state index is 12.8. The van der Waals surface area contributed by atoms with E-state index in [-0.39, 0.29) is 6.04 Å². The zero-order valence-electron chi connectivity index (χ0n) is 14.7. The number of ether oxygens (including phenoxy) is 2. The van der Waals surface area contributed by atoms with E-state index in [0.29, 0.717) is 4.88 Å². The van der Waals surface area contributed by atoms with Gasteiger partial charge < -0.3 is 9.47 Å². The Balaban J connectivity index is 1.71. The van der Waals surface area contributed by atoms with Crippen molar-refractivity contribution in [1.82, 2.24) is 4.90 Å². The second kappa shape index (κ2) is 6.46. The first-order valence-corrected chi connectivity index (χ1v) is 9.36. The number of fused-ring (bicyclic) bond motifs is 4. The molecule has 0 aliphatic carbocycles. The van der Waals surface area contributed by atoms with Crippen LogP contribution in [0.15, 0.2) is 18.2 Å². The molecule has 0 unspecified atom stereocenters. The number of hydrogen-bond donors (Lipinski definition) is 0. The maximum atomic E-state index is 12.8. The van der Waals surface area contributed by atoms with Gasteiger partial charge in [-0.2, -0.15) is 13.2 Å². The minimum atomic E-state index is -4.16. The highest BCUT2D eigenvalue weighted by Crippen LogP contribution is 2.46. The van der Waals surface area contributed by atoms with Gasteiger partial charge in [0.25, 0.3) is 0 Å². The van der Waals surface area contributed by atoms with Crippen LogP contribution in [0, 0.1) is 0 Å². The SMILES string of the molecule is COc1ccc(OC)c2c1C[C@H]1c3cc(CC(F)(F)F)sc3CCN1C2. The van der Waals surface area contributed by atoms with Crippen LogP contribution in [0.1, 0.15) is 32.5 Å². The quantitative estimate of drug-likeness (QED) is 0.778. The number of rotatable bonds is 3. The number of nitrogens with zero attached hydrogens (tertiary/aromatic N) is 1. The zero-order chi connectivity index (χ0) is 18.5. The van der Waals surface area contributed by atoms with E-state index >= 15 is 0 Å². The van der Waals surface area contributed by atoms with E-state index < -0.39 is 12.6 Å². The van der Waals surface area contributed by atoms with Crippen molar-refractivity contribution < 1.29 is 22.6 Å². The molecule has 2 aliphatic heterocycles. The molecule has 7 heteroatoms. The van der Waals surface area contributed by atoms with E-state index in [1.165, 1.54) is 11.3 Å². The highest BCUT2D eigenvalue weighted by Gasteiger charge is 2.37. The standard InChI is InChI=1S/C19H20F3NO2S/c1-24-16-3-4-17(25-2)14-10-23-6-5-18-13(15(23)8-12(14)16)7-11(26-18)9-19(20,21)22/h3-4,7,15H,5-6,8-10H2,1-2H3/t15-/m0/s1. The predicted molar refractivity (Wildman–Crippen MR) is 94.2 cm³/mol. The summed E-state index contributed by atoms with van der Waals surface area (Å²) in [6.07, 6.45) is -3.48. The molecular formula is C19H20F3NO2S. The predicted octanol–water partition coefficient (Wildman–Crippen LogP) is 4.53. The molecule has 2 aromatic rings. The minimum absolute atomic E-state index is 0.102. The summed E-state index contributed by atoms with van der Waals surface area (Å²) in [6.45, 7) is 1.58. The van der Waals surface area contributed by atoms with E-state index in [9.17, 15) is 13.2 Å². The summed E-state index contributed by atoms with van der Waals surface area (Å²) in [5.41, 5.74) is 3.28. The van der Waals surface area contributed by atoms with Crippen molar-refractivity contribution >= 4 is 11.3 Å². The first kappa shape index (κ1) is 17.7. The highest BCUT2D eigenvalue weighted by molar-refractivity contribution is 7.12. The molecule has 3 heterocycles. The molecule has 1 aromatic carbocycles. The van der Waals surface area contributed by atoms with Gasteiger partial charge in [0.1, 0.15) is 11.5 Å². The third kappa shape index (κ3) is 3.07. The van der Waals surface area contributed by atoms with E-state index in [2.05, 4.69) is 4.90 Å². The third-order valence-electron chi connectivity index (χ3n) is 5.24. The summed E-state index contributed by atoms with van der Waals surface area (Å²) in [5, 5.41) is 0. The summed E-state index contributed by atoms with van der Waals surface area (Å²) in [6, 6.07) is 5.69. The lowest BCUT2D eigenvalue weighted by molar-refractivity contribution is -0.126. The van der Waals surface area contributed by atoms with E-state index in [4.69, 9.17) is 9.47 Å². The molecule has 0 saturated carbocycles. The Morgan fingerprint density at radius 1 is 1.15 bits per heavy atom. The number of methoxy groups -OCH3 is 2. The van der Waals surface area contributed by atoms with Crippen LogP contribution >= 0.6 is 11.3 Å². The largest absolute Gasteiger partial charge is 0.496 e. The molecule has 0 radical (unpaired) electrons. The van der Waals surface area contributed by atoms with E-state index in [0.717, 1.165) is 59.0 Å². The topological polar surface area (TPSA) is 21.7 Å².